The first-order valence-corrected chi connectivity index (χ1v) is 8.17. The third-order valence-corrected chi connectivity index (χ3v) is 4.53. The number of likely N-dealkylation sites (tertiary alicyclic amines) is 1. The summed E-state index contributed by atoms with van der Waals surface area (Å²) in [5.74, 6) is 0.0289. The molecule has 2 heterocycles. The molecule has 0 spiro atoms. The van der Waals surface area contributed by atoms with E-state index in [1.165, 1.54) is 16.2 Å². The van der Waals surface area contributed by atoms with Crippen molar-refractivity contribution in [3.63, 3.8) is 0 Å². The second kappa shape index (κ2) is 6.82. The van der Waals surface area contributed by atoms with E-state index in [1.54, 1.807) is 19.3 Å². The van der Waals surface area contributed by atoms with Crippen LogP contribution in [-0.4, -0.2) is 28.0 Å². The Kier molecular flexibility index (Phi) is 4.60. The van der Waals surface area contributed by atoms with Crippen LogP contribution in [0.4, 0.5) is 0 Å². The van der Waals surface area contributed by atoms with E-state index in [-0.39, 0.29) is 17.5 Å². The van der Waals surface area contributed by atoms with Gasteiger partial charge in [-0.1, -0.05) is 30.3 Å². The standard InChI is InChI=1S/C19H22N2O2/c1-20-14-16(10-11-18(20)22)19(23)21-12-6-5-9-17(21)13-15-7-3-2-4-8-15/h2-4,7-8,10-11,14,17H,5-6,9,12-13H2,1H3/t17-/m0/s1. The minimum absolute atomic E-state index is 0.0289. The number of piperidine rings is 1. The number of carbonyl (C=O) groups excluding carboxylic acids is 1. The number of aryl methyl sites for hydroxylation is 1. The number of hydrogen-bond donors (Lipinski definition) is 0. The molecule has 23 heavy (non-hydrogen) atoms. The molecule has 1 atom stereocenters. The summed E-state index contributed by atoms with van der Waals surface area (Å²) >= 11 is 0. The molecule has 0 radical (unpaired) electrons. The molecule has 120 valence electrons. The summed E-state index contributed by atoms with van der Waals surface area (Å²) in [7, 11) is 1.68. The second-order valence-corrected chi connectivity index (χ2v) is 6.20. The lowest BCUT2D eigenvalue weighted by Gasteiger charge is -2.36. The largest absolute Gasteiger partial charge is 0.335 e. The van der Waals surface area contributed by atoms with Crippen LogP contribution in [-0.2, 0) is 13.5 Å². The molecule has 0 aliphatic carbocycles. The topological polar surface area (TPSA) is 42.3 Å². The third kappa shape index (κ3) is 3.52. The average Bonchev–Trinajstić information content (AvgIpc) is 2.58. The van der Waals surface area contributed by atoms with Crippen LogP contribution in [0.3, 0.4) is 0 Å². The van der Waals surface area contributed by atoms with Crippen molar-refractivity contribution < 1.29 is 4.79 Å². The highest BCUT2D eigenvalue weighted by molar-refractivity contribution is 5.94. The molecule has 0 bridgehead atoms. The first-order chi connectivity index (χ1) is 11.1. The lowest BCUT2D eigenvalue weighted by atomic mass is 9.95. The van der Waals surface area contributed by atoms with Gasteiger partial charge in [0.15, 0.2) is 0 Å². The van der Waals surface area contributed by atoms with Crippen molar-refractivity contribution in [3.8, 4) is 0 Å². The monoisotopic (exact) mass is 310 g/mol. The fraction of sp³-hybridized carbons (Fsp3) is 0.368. The maximum Gasteiger partial charge on any atom is 0.255 e. The van der Waals surface area contributed by atoms with Gasteiger partial charge in [-0.25, -0.2) is 0 Å². The summed E-state index contributed by atoms with van der Waals surface area (Å²) < 4.78 is 1.46. The Labute approximate surface area is 136 Å². The van der Waals surface area contributed by atoms with Gasteiger partial charge in [-0.15, -0.1) is 0 Å². The molecule has 4 nitrogen and oxygen atoms in total. The average molecular weight is 310 g/mol. The van der Waals surface area contributed by atoms with Gasteiger partial charge in [-0.2, -0.15) is 0 Å². The first-order valence-electron chi connectivity index (χ1n) is 8.17. The lowest BCUT2D eigenvalue weighted by Crippen LogP contribution is -2.45. The Balaban J connectivity index is 1.81. The minimum atomic E-state index is -0.0963. The van der Waals surface area contributed by atoms with Crippen molar-refractivity contribution in [2.45, 2.75) is 31.7 Å². The van der Waals surface area contributed by atoms with Gasteiger partial charge in [0.05, 0.1) is 5.56 Å². The fourth-order valence-electron chi connectivity index (χ4n) is 3.25. The summed E-state index contributed by atoms with van der Waals surface area (Å²) in [6, 6.07) is 13.7. The van der Waals surface area contributed by atoms with Crippen molar-refractivity contribution in [1.29, 1.82) is 0 Å². The Morgan fingerprint density at radius 3 is 2.65 bits per heavy atom. The van der Waals surface area contributed by atoms with E-state index in [1.807, 2.05) is 23.1 Å². The van der Waals surface area contributed by atoms with Crippen molar-refractivity contribution >= 4 is 5.91 Å². The number of hydrogen-bond acceptors (Lipinski definition) is 2. The predicted octanol–water partition coefficient (Wildman–Crippen LogP) is 2.62. The second-order valence-electron chi connectivity index (χ2n) is 6.20. The molecule has 1 saturated heterocycles. The van der Waals surface area contributed by atoms with E-state index in [0.29, 0.717) is 5.56 Å². The minimum Gasteiger partial charge on any atom is -0.335 e. The van der Waals surface area contributed by atoms with Gasteiger partial charge < -0.3 is 9.47 Å². The van der Waals surface area contributed by atoms with Crippen molar-refractivity contribution in [2.75, 3.05) is 6.54 Å². The molecule has 0 unspecified atom stereocenters. The quantitative estimate of drug-likeness (QED) is 0.874. The van der Waals surface area contributed by atoms with Crippen LogP contribution in [0.15, 0.2) is 53.5 Å². The smallest absolute Gasteiger partial charge is 0.255 e. The highest BCUT2D eigenvalue weighted by Gasteiger charge is 2.27. The molecule has 1 aliphatic heterocycles. The van der Waals surface area contributed by atoms with Gasteiger partial charge in [0.25, 0.3) is 5.91 Å². The first kappa shape index (κ1) is 15.5. The number of pyridine rings is 1. The van der Waals surface area contributed by atoms with Crippen LogP contribution in [0, 0.1) is 0 Å². The van der Waals surface area contributed by atoms with E-state index < -0.39 is 0 Å². The Morgan fingerprint density at radius 2 is 1.91 bits per heavy atom. The van der Waals surface area contributed by atoms with Gasteiger partial charge in [-0.05, 0) is 37.3 Å². The zero-order chi connectivity index (χ0) is 16.2. The Morgan fingerprint density at radius 1 is 1.13 bits per heavy atom. The van der Waals surface area contributed by atoms with E-state index in [9.17, 15) is 9.59 Å². The molecule has 0 N–H and O–H groups in total. The molecule has 2 aromatic rings. The molecule has 1 amide bonds. The Bertz CT molecular complexity index is 737. The van der Waals surface area contributed by atoms with Gasteiger partial charge >= 0.3 is 0 Å². The molecule has 4 heteroatoms. The fourth-order valence-corrected chi connectivity index (χ4v) is 3.25. The maximum atomic E-state index is 12.9. The summed E-state index contributed by atoms with van der Waals surface area (Å²) in [5.41, 5.74) is 1.76. The predicted molar refractivity (Wildman–Crippen MR) is 90.5 cm³/mol. The summed E-state index contributed by atoms with van der Waals surface area (Å²) in [5, 5.41) is 0. The zero-order valence-electron chi connectivity index (χ0n) is 13.4. The van der Waals surface area contributed by atoms with Crippen LogP contribution < -0.4 is 5.56 Å². The lowest BCUT2D eigenvalue weighted by molar-refractivity contribution is 0.0612. The molecule has 1 aromatic heterocycles. The Hall–Kier alpha value is -2.36. The van der Waals surface area contributed by atoms with E-state index in [0.717, 1.165) is 32.2 Å². The molecule has 0 saturated carbocycles. The summed E-state index contributed by atoms with van der Waals surface area (Å²) in [6.07, 6.45) is 5.76. The van der Waals surface area contributed by atoms with E-state index >= 15 is 0 Å². The molecule has 3 rings (SSSR count). The summed E-state index contributed by atoms with van der Waals surface area (Å²) in [4.78, 5) is 26.4. The number of aromatic nitrogens is 1. The number of carbonyl (C=O) groups is 1. The molecular weight excluding hydrogens is 288 g/mol. The van der Waals surface area contributed by atoms with Crippen molar-refractivity contribution in [1.82, 2.24) is 9.47 Å². The normalized spacial score (nSPS) is 18.0. The molecule has 1 aromatic carbocycles. The van der Waals surface area contributed by atoms with E-state index in [4.69, 9.17) is 0 Å². The highest BCUT2D eigenvalue weighted by Crippen LogP contribution is 2.22. The van der Waals surface area contributed by atoms with Gasteiger partial charge in [-0.3, -0.25) is 9.59 Å². The SMILES string of the molecule is Cn1cc(C(=O)N2CCCC[C@H]2Cc2ccccc2)ccc1=O. The number of amides is 1. The van der Waals surface area contributed by atoms with Crippen LogP contribution in [0.1, 0.15) is 35.2 Å². The summed E-state index contributed by atoms with van der Waals surface area (Å²) in [6.45, 7) is 0.791. The third-order valence-electron chi connectivity index (χ3n) is 4.53. The van der Waals surface area contributed by atoms with Crippen LogP contribution >= 0.6 is 0 Å². The molecule has 1 aliphatic rings. The number of nitrogens with zero attached hydrogens (tertiary/aromatic N) is 2. The zero-order valence-corrected chi connectivity index (χ0v) is 13.4. The number of rotatable bonds is 3. The van der Waals surface area contributed by atoms with Crippen LogP contribution in [0.2, 0.25) is 0 Å². The molecular formula is C19H22N2O2. The van der Waals surface area contributed by atoms with Gasteiger partial charge in [0.1, 0.15) is 0 Å². The van der Waals surface area contributed by atoms with Crippen molar-refractivity contribution in [3.05, 3.63) is 70.1 Å². The highest BCUT2D eigenvalue weighted by atomic mass is 16.2. The van der Waals surface area contributed by atoms with Crippen LogP contribution in [0.5, 0.6) is 0 Å². The van der Waals surface area contributed by atoms with Crippen molar-refractivity contribution in [2.24, 2.45) is 7.05 Å². The van der Waals surface area contributed by atoms with Crippen LogP contribution in [0.25, 0.3) is 0 Å². The van der Waals surface area contributed by atoms with Gasteiger partial charge in [0, 0.05) is 31.9 Å². The van der Waals surface area contributed by atoms with E-state index in [2.05, 4.69) is 12.1 Å². The number of benzene rings is 1. The van der Waals surface area contributed by atoms with Gasteiger partial charge in [0.2, 0.25) is 5.56 Å². The molecule has 1 fully saturated rings. The maximum absolute atomic E-state index is 12.9.